The van der Waals surface area contributed by atoms with Gasteiger partial charge in [0.15, 0.2) is 34.4 Å². The number of fused-ring (bicyclic) bond motifs is 2. The molecule has 11 nitrogen and oxygen atoms in total. The molecule has 6 rings (SSSR count). The quantitative estimate of drug-likeness (QED) is 0.119. The first kappa shape index (κ1) is 39.3. The van der Waals surface area contributed by atoms with Crippen LogP contribution in [0.2, 0.25) is 5.02 Å². The fraction of sp³-hybridized carbons (Fsp3) is 0.415. The first-order valence-corrected chi connectivity index (χ1v) is 17.9. The Morgan fingerprint density at radius 3 is 1.13 bits per heavy atom. The molecule has 0 unspecified atom stereocenters. The number of aromatic hydroxyl groups is 4. The number of halogens is 1. The predicted octanol–water partition coefficient (Wildman–Crippen LogP) is 9.00. The number of hydrogen-bond acceptors (Lipinski definition) is 9. The maximum atomic E-state index is 11.0. The van der Waals surface area contributed by atoms with Crippen molar-refractivity contribution in [2.45, 2.75) is 111 Å². The van der Waals surface area contributed by atoms with E-state index >= 15 is 0 Å². The van der Waals surface area contributed by atoms with E-state index in [4.69, 9.17) is 11.6 Å². The lowest BCUT2D eigenvalue weighted by Gasteiger charge is -2.28. The second kappa shape index (κ2) is 13.5. The highest BCUT2D eigenvalue weighted by Crippen LogP contribution is 2.47. The molecule has 0 atom stereocenters. The van der Waals surface area contributed by atoms with E-state index in [1.54, 1.807) is 36.4 Å². The molecule has 4 aromatic carbocycles. The highest BCUT2D eigenvalue weighted by Gasteiger charge is 2.32. The van der Waals surface area contributed by atoms with E-state index in [1.165, 1.54) is 9.59 Å². The van der Waals surface area contributed by atoms with Crippen LogP contribution in [0.1, 0.15) is 111 Å². The van der Waals surface area contributed by atoms with Gasteiger partial charge in [-0.2, -0.15) is 0 Å². The summed E-state index contributed by atoms with van der Waals surface area (Å²) in [6.07, 6.45) is 0. The van der Waals surface area contributed by atoms with E-state index in [0.717, 1.165) is 27.8 Å². The molecule has 0 saturated heterocycles. The number of phenolic OH excluding ortho intramolecular Hbond substituents is 4. The van der Waals surface area contributed by atoms with Crippen molar-refractivity contribution < 1.29 is 25.5 Å². The first-order chi connectivity index (χ1) is 24.3. The van der Waals surface area contributed by atoms with Crippen LogP contribution in [0.4, 0.5) is 0 Å². The second-order valence-electron chi connectivity index (χ2n) is 17.6. The summed E-state index contributed by atoms with van der Waals surface area (Å²) in [5, 5.41) is 71.4. The molecule has 0 fully saturated rings. The van der Waals surface area contributed by atoms with Gasteiger partial charge in [0.2, 0.25) is 0 Å². The molecule has 12 heteroatoms. The molecule has 0 amide bonds. The Labute approximate surface area is 315 Å². The Balaban J connectivity index is 0.000000204. The lowest BCUT2D eigenvalue weighted by Crippen LogP contribution is -2.18. The van der Waals surface area contributed by atoms with Gasteiger partial charge in [-0.25, -0.2) is 0 Å². The summed E-state index contributed by atoms with van der Waals surface area (Å²) in [5.41, 5.74) is 5.12. The van der Waals surface area contributed by atoms with Gasteiger partial charge < -0.3 is 25.5 Å². The van der Waals surface area contributed by atoms with Gasteiger partial charge in [-0.1, -0.05) is 101 Å². The number of aromatic nitrogens is 6. The minimum Gasteiger partial charge on any atom is -0.505 e. The lowest BCUT2D eigenvalue weighted by molar-refractivity contribution is 0.282. The minimum absolute atomic E-state index is 0.0191. The molecule has 0 saturated carbocycles. The summed E-state index contributed by atoms with van der Waals surface area (Å²) in [4.78, 5) is 2.57. The van der Waals surface area contributed by atoms with Gasteiger partial charge in [0.05, 0.1) is 6.61 Å². The van der Waals surface area contributed by atoms with Crippen LogP contribution in [0.15, 0.2) is 48.5 Å². The van der Waals surface area contributed by atoms with Crippen LogP contribution < -0.4 is 0 Å². The first-order valence-electron chi connectivity index (χ1n) is 17.5. The largest absolute Gasteiger partial charge is 0.505 e. The number of aliphatic hydroxyl groups is 1. The van der Waals surface area contributed by atoms with Crippen molar-refractivity contribution in [1.82, 2.24) is 30.0 Å². The van der Waals surface area contributed by atoms with E-state index < -0.39 is 0 Å². The Bertz CT molecular complexity index is 2260. The SMILES string of the molecule is CC(C)(C)c1cc(C(C)(C)C)c(O)c(-n2nc3ccc(CO)cc3n2)c1O.CC(C)(C)c1cc(C(C)(C)C)c(O)c(-n2nc3ccc(Cl)cc3n2)c1O. The number of nitrogens with zero attached hydrogens (tertiary/aromatic N) is 6. The molecule has 0 bridgehead atoms. The summed E-state index contributed by atoms with van der Waals surface area (Å²) in [6, 6.07) is 14.2. The molecule has 5 N–H and O–H groups in total. The van der Waals surface area contributed by atoms with Gasteiger partial charge in [-0.15, -0.1) is 30.0 Å². The van der Waals surface area contributed by atoms with Crippen LogP contribution in [0.25, 0.3) is 33.4 Å². The van der Waals surface area contributed by atoms with Gasteiger partial charge in [-0.05, 0) is 69.7 Å². The molecular weight excluding hydrogens is 692 g/mol. The zero-order chi connectivity index (χ0) is 39.6. The number of aliphatic hydroxyl groups excluding tert-OH is 1. The maximum absolute atomic E-state index is 11.0. The summed E-state index contributed by atoms with van der Waals surface area (Å²) in [7, 11) is 0. The maximum Gasteiger partial charge on any atom is 0.169 e. The normalized spacial score (nSPS) is 12.7. The van der Waals surface area contributed by atoms with Crippen LogP contribution in [0.3, 0.4) is 0 Å². The standard InChI is InChI=1S/C21H27N3O3.C20H24ClN3O2/c1-20(2,3)13-10-14(21(4,5)6)19(27)17(18(13)26)24-22-15-8-7-12(11-25)9-16(15)23-24;1-19(2,3)12-10-13(20(4,5)6)18(26)16(17(12)25)24-22-14-8-7-11(21)9-15(14)23-24/h7-10,25-27H,11H2,1-6H3;7-10,25-26H,1-6H3. The molecule has 0 radical (unpaired) electrons. The van der Waals surface area contributed by atoms with Gasteiger partial charge in [0, 0.05) is 27.3 Å². The second-order valence-corrected chi connectivity index (χ2v) is 18.1. The number of phenols is 4. The Hall–Kier alpha value is -4.87. The zero-order valence-electron chi connectivity index (χ0n) is 32.6. The monoisotopic (exact) mass is 742 g/mol. The third-order valence-corrected chi connectivity index (χ3v) is 9.33. The van der Waals surface area contributed by atoms with Crippen molar-refractivity contribution in [3.8, 4) is 34.4 Å². The third-order valence-electron chi connectivity index (χ3n) is 9.10. The average molecular weight is 743 g/mol. The van der Waals surface area contributed by atoms with E-state index in [9.17, 15) is 25.5 Å². The molecule has 282 valence electrons. The zero-order valence-corrected chi connectivity index (χ0v) is 33.4. The smallest absolute Gasteiger partial charge is 0.169 e. The molecule has 0 spiro atoms. The van der Waals surface area contributed by atoms with Crippen LogP contribution in [-0.2, 0) is 28.3 Å². The summed E-state index contributed by atoms with van der Waals surface area (Å²) in [6.45, 7) is 24.1. The Kier molecular flexibility index (Phi) is 10.0. The number of rotatable bonds is 3. The Morgan fingerprint density at radius 2 is 0.792 bits per heavy atom. The molecule has 0 aliphatic carbocycles. The third kappa shape index (κ3) is 7.77. The van der Waals surface area contributed by atoms with Crippen molar-refractivity contribution in [1.29, 1.82) is 0 Å². The Morgan fingerprint density at radius 1 is 0.472 bits per heavy atom. The average Bonchev–Trinajstić information content (AvgIpc) is 3.62. The van der Waals surface area contributed by atoms with Crippen LogP contribution >= 0.6 is 11.6 Å². The van der Waals surface area contributed by atoms with E-state index in [0.29, 0.717) is 27.1 Å². The molecule has 53 heavy (non-hydrogen) atoms. The highest BCUT2D eigenvalue weighted by molar-refractivity contribution is 6.31. The van der Waals surface area contributed by atoms with Gasteiger partial charge in [0.1, 0.15) is 22.1 Å². The van der Waals surface area contributed by atoms with E-state index in [1.807, 2.05) is 95.2 Å². The summed E-state index contributed by atoms with van der Waals surface area (Å²) >= 11 is 6.03. The number of hydrogen-bond donors (Lipinski definition) is 5. The van der Waals surface area contributed by atoms with Crippen LogP contribution in [0, 0.1) is 0 Å². The highest BCUT2D eigenvalue weighted by atomic mass is 35.5. The lowest BCUT2D eigenvalue weighted by atomic mass is 9.79. The predicted molar refractivity (Wildman–Crippen MR) is 210 cm³/mol. The summed E-state index contributed by atoms with van der Waals surface area (Å²) in [5.74, 6) is -0.102. The van der Waals surface area contributed by atoms with Gasteiger partial charge in [-0.3, -0.25) is 0 Å². The number of benzene rings is 4. The van der Waals surface area contributed by atoms with Crippen molar-refractivity contribution in [3.63, 3.8) is 0 Å². The molecule has 2 heterocycles. The van der Waals surface area contributed by atoms with Gasteiger partial charge >= 0.3 is 0 Å². The fourth-order valence-electron chi connectivity index (χ4n) is 6.11. The van der Waals surface area contributed by atoms with Crippen molar-refractivity contribution in [2.75, 3.05) is 0 Å². The van der Waals surface area contributed by atoms with Crippen molar-refractivity contribution in [3.05, 3.63) is 81.4 Å². The van der Waals surface area contributed by atoms with E-state index in [2.05, 4.69) is 20.4 Å². The molecule has 2 aromatic heterocycles. The van der Waals surface area contributed by atoms with Crippen LogP contribution in [-0.4, -0.2) is 55.5 Å². The molecule has 0 aliphatic rings. The van der Waals surface area contributed by atoms with E-state index in [-0.39, 0.29) is 62.6 Å². The molecular formula is C41H51ClN6O5. The fourth-order valence-corrected chi connectivity index (χ4v) is 6.27. The van der Waals surface area contributed by atoms with Crippen molar-refractivity contribution in [2.24, 2.45) is 0 Å². The minimum atomic E-state index is -0.330. The molecule has 0 aliphatic heterocycles. The van der Waals surface area contributed by atoms with Crippen LogP contribution in [0.5, 0.6) is 23.0 Å². The topological polar surface area (TPSA) is 163 Å². The van der Waals surface area contributed by atoms with Gasteiger partial charge in [0.25, 0.3) is 0 Å². The van der Waals surface area contributed by atoms with Crippen molar-refractivity contribution >= 4 is 33.7 Å². The summed E-state index contributed by atoms with van der Waals surface area (Å²) < 4.78 is 0. The molecule has 6 aromatic rings.